The number of carbonyl (C=O) groups is 1. The summed E-state index contributed by atoms with van der Waals surface area (Å²) in [6.45, 7) is 0. The lowest BCUT2D eigenvalue weighted by atomic mass is 9.98. The number of carbonyl (C=O) groups excluding carboxylic acids is 1. The van der Waals surface area contributed by atoms with Crippen LogP contribution in [-0.4, -0.2) is 36.5 Å². The van der Waals surface area contributed by atoms with E-state index in [9.17, 15) is 9.90 Å². The van der Waals surface area contributed by atoms with Crippen molar-refractivity contribution in [3.05, 3.63) is 42.0 Å². The number of esters is 1. The van der Waals surface area contributed by atoms with Gasteiger partial charge in [-0.1, -0.05) is 42.5 Å². The van der Waals surface area contributed by atoms with Gasteiger partial charge in [-0.15, -0.1) is 0 Å². The van der Waals surface area contributed by atoms with Crippen LogP contribution in [0, 0.1) is 0 Å². The lowest BCUT2D eigenvalue weighted by Gasteiger charge is -2.31. The van der Waals surface area contributed by atoms with E-state index < -0.39 is 6.10 Å². The summed E-state index contributed by atoms with van der Waals surface area (Å²) in [6, 6.07) is 9.90. The van der Waals surface area contributed by atoms with Crippen molar-refractivity contribution in [2.75, 3.05) is 7.11 Å². The zero-order valence-electron chi connectivity index (χ0n) is 11.6. The molecule has 1 heterocycles. The van der Waals surface area contributed by atoms with Crippen LogP contribution in [0.25, 0.3) is 6.08 Å². The molecule has 0 aliphatic carbocycles. The molecule has 0 bridgehead atoms. The second-order valence-electron chi connectivity index (χ2n) is 4.97. The van der Waals surface area contributed by atoms with Crippen molar-refractivity contribution in [3.63, 3.8) is 0 Å². The fourth-order valence-corrected chi connectivity index (χ4v) is 2.33. The summed E-state index contributed by atoms with van der Waals surface area (Å²) < 4.78 is 10.4. The van der Waals surface area contributed by atoms with Crippen LogP contribution in [0.2, 0.25) is 0 Å². The molecule has 0 spiro atoms. The van der Waals surface area contributed by atoms with E-state index in [1.54, 1.807) is 0 Å². The van der Waals surface area contributed by atoms with Crippen LogP contribution >= 0.6 is 0 Å². The highest BCUT2D eigenvalue weighted by Gasteiger charge is 2.28. The summed E-state index contributed by atoms with van der Waals surface area (Å²) in [7, 11) is 1.36. The van der Waals surface area contributed by atoms with Crippen molar-refractivity contribution < 1.29 is 19.4 Å². The van der Waals surface area contributed by atoms with Crippen molar-refractivity contribution in [2.24, 2.45) is 0 Å². The lowest BCUT2D eigenvalue weighted by Crippen LogP contribution is -2.36. The number of methoxy groups -OCH3 is 1. The predicted molar refractivity (Wildman–Crippen MR) is 76.0 cm³/mol. The van der Waals surface area contributed by atoms with Gasteiger partial charge in [0.2, 0.25) is 0 Å². The number of benzene rings is 1. The number of rotatable bonds is 4. The second-order valence-corrected chi connectivity index (χ2v) is 4.97. The van der Waals surface area contributed by atoms with Crippen molar-refractivity contribution in [1.29, 1.82) is 0 Å². The van der Waals surface area contributed by atoms with Crippen molar-refractivity contribution in [1.82, 2.24) is 0 Å². The molecule has 2 rings (SSSR count). The van der Waals surface area contributed by atoms with Gasteiger partial charge in [0.15, 0.2) is 0 Å². The molecule has 1 N–H and O–H groups in total. The van der Waals surface area contributed by atoms with E-state index in [0.717, 1.165) is 5.56 Å². The second kappa shape index (κ2) is 7.22. The average Bonchev–Trinajstić information content (AvgIpc) is 2.45. The van der Waals surface area contributed by atoms with Crippen LogP contribution in [0.3, 0.4) is 0 Å². The minimum Gasteiger partial charge on any atom is -0.469 e. The molecule has 4 heteroatoms. The highest BCUT2D eigenvalue weighted by molar-refractivity contribution is 5.69. The first-order valence-electron chi connectivity index (χ1n) is 6.81. The Labute approximate surface area is 119 Å². The first-order chi connectivity index (χ1) is 9.67. The number of ether oxygens (including phenoxy) is 2. The third kappa shape index (κ3) is 4.47. The van der Waals surface area contributed by atoms with Crippen LogP contribution in [0.1, 0.15) is 24.8 Å². The minimum atomic E-state index is -0.441. The Morgan fingerprint density at radius 1 is 1.40 bits per heavy atom. The number of aliphatic hydroxyl groups is 1. The molecular weight excluding hydrogens is 256 g/mol. The summed E-state index contributed by atoms with van der Waals surface area (Å²) in [5, 5.41) is 9.87. The fraction of sp³-hybridized carbons (Fsp3) is 0.438. The standard InChI is InChI=1S/C16H20O4/c1-19-16(18)11-15-10-13(17)9-14(20-15)8-7-12-5-3-2-4-6-12/h2-8,13-15,17H,9-11H2,1H3/b8-7+/t13-,14+,15+/m1/s1. The number of hydrogen-bond acceptors (Lipinski definition) is 4. The molecule has 4 nitrogen and oxygen atoms in total. The van der Waals surface area contributed by atoms with Gasteiger partial charge in [-0.25, -0.2) is 0 Å². The summed E-state index contributed by atoms with van der Waals surface area (Å²) in [5.41, 5.74) is 1.08. The molecule has 20 heavy (non-hydrogen) atoms. The Hall–Kier alpha value is -1.65. The van der Waals surface area contributed by atoms with Crippen molar-refractivity contribution >= 4 is 12.0 Å². The topological polar surface area (TPSA) is 55.8 Å². The maximum absolute atomic E-state index is 11.3. The third-order valence-corrected chi connectivity index (χ3v) is 3.33. The molecule has 0 amide bonds. The maximum Gasteiger partial charge on any atom is 0.308 e. The van der Waals surface area contributed by atoms with Gasteiger partial charge in [0.1, 0.15) is 0 Å². The van der Waals surface area contributed by atoms with Gasteiger partial charge in [-0.2, -0.15) is 0 Å². The predicted octanol–water partition coefficient (Wildman–Crippen LogP) is 2.17. The molecule has 0 saturated carbocycles. The Bertz CT molecular complexity index is 455. The summed E-state index contributed by atoms with van der Waals surface area (Å²) in [4.78, 5) is 11.3. The van der Waals surface area contributed by atoms with Crippen LogP contribution in [0.4, 0.5) is 0 Å². The zero-order valence-corrected chi connectivity index (χ0v) is 11.6. The van der Waals surface area contributed by atoms with Crippen LogP contribution in [0.15, 0.2) is 36.4 Å². The van der Waals surface area contributed by atoms with Gasteiger partial charge in [-0.05, 0) is 5.56 Å². The van der Waals surface area contributed by atoms with E-state index in [1.807, 2.05) is 42.5 Å². The average molecular weight is 276 g/mol. The smallest absolute Gasteiger partial charge is 0.308 e. The number of aliphatic hydroxyl groups excluding tert-OH is 1. The molecule has 3 atom stereocenters. The lowest BCUT2D eigenvalue weighted by molar-refractivity contribution is -0.148. The monoisotopic (exact) mass is 276 g/mol. The Kier molecular flexibility index (Phi) is 5.32. The maximum atomic E-state index is 11.3. The molecule has 0 aromatic heterocycles. The highest BCUT2D eigenvalue weighted by Crippen LogP contribution is 2.23. The van der Waals surface area contributed by atoms with Gasteiger partial charge in [0.25, 0.3) is 0 Å². The van der Waals surface area contributed by atoms with E-state index in [4.69, 9.17) is 4.74 Å². The molecule has 1 aromatic carbocycles. The molecule has 1 aromatic rings. The fourth-order valence-electron chi connectivity index (χ4n) is 2.33. The first kappa shape index (κ1) is 14.8. The largest absolute Gasteiger partial charge is 0.469 e. The molecule has 1 saturated heterocycles. The molecule has 0 unspecified atom stereocenters. The summed E-state index contributed by atoms with van der Waals surface area (Å²) in [5.74, 6) is -0.310. The van der Waals surface area contributed by atoms with Crippen LogP contribution < -0.4 is 0 Å². The summed E-state index contributed by atoms with van der Waals surface area (Å²) in [6.07, 6.45) is 4.23. The van der Waals surface area contributed by atoms with Gasteiger partial charge >= 0.3 is 5.97 Å². The SMILES string of the molecule is COC(=O)C[C@@H]1C[C@H](O)C[C@H](/C=C/c2ccccc2)O1. The summed E-state index contributed by atoms with van der Waals surface area (Å²) >= 11 is 0. The third-order valence-electron chi connectivity index (χ3n) is 3.33. The molecule has 108 valence electrons. The molecule has 1 fully saturated rings. The van der Waals surface area contributed by atoms with E-state index in [1.165, 1.54) is 7.11 Å². The van der Waals surface area contributed by atoms with Crippen molar-refractivity contribution in [2.45, 2.75) is 37.6 Å². The number of hydrogen-bond donors (Lipinski definition) is 1. The Morgan fingerprint density at radius 3 is 2.85 bits per heavy atom. The molecule has 1 aliphatic heterocycles. The molecule has 0 radical (unpaired) electrons. The normalized spacial score (nSPS) is 26.6. The Balaban J connectivity index is 1.94. The zero-order chi connectivity index (χ0) is 14.4. The minimum absolute atomic E-state index is 0.173. The Morgan fingerprint density at radius 2 is 2.15 bits per heavy atom. The highest BCUT2D eigenvalue weighted by atomic mass is 16.5. The van der Waals surface area contributed by atoms with E-state index in [2.05, 4.69) is 4.74 Å². The van der Waals surface area contributed by atoms with Gasteiger partial charge in [0, 0.05) is 12.8 Å². The quantitative estimate of drug-likeness (QED) is 0.856. The van der Waals surface area contributed by atoms with E-state index >= 15 is 0 Å². The van der Waals surface area contributed by atoms with Gasteiger partial charge < -0.3 is 14.6 Å². The van der Waals surface area contributed by atoms with Crippen LogP contribution in [-0.2, 0) is 14.3 Å². The first-order valence-corrected chi connectivity index (χ1v) is 6.81. The van der Waals surface area contributed by atoms with E-state index in [0.29, 0.717) is 12.8 Å². The molecule has 1 aliphatic rings. The van der Waals surface area contributed by atoms with Crippen molar-refractivity contribution in [3.8, 4) is 0 Å². The van der Waals surface area contributed by atoms with Gasteiger partial charge in [-0.3, -0.25) is 4.79 Å². The van der Waals surface area contributed by atoms with Crippen LogP contribution in [0.5, 0.6) is 0 Å². The van der Waals surface area contributed by atoms with Gasteiger partial charge in [0.05, 0.1) is 31.8 Å². The molecular formula is C16H20O4. The van der Waals surface area contributed by atoms with E-state index in [-0.39, 0.29) is 24.6 Å².